The second-order valence-corrected chi connectivity index (χ2v) is 4.59. The number of carboxylic acids is 1. The molecule has 2 aromatic rings. The molecule has 2 aromatic heterocycles. The van der Waals surface area contributed by atoms with Gasteiger partial charge in [0.1, 0.15) is 6.07 Å². The number of halogens is 1. The van der Waals surface area contributed by atoms with E-state index in [1.54, 1.807) is 6.07 Å². The van der Waals surface area contributed by atoms with Gasteiger partial charge in [-0.1, -0.05) is 11.6 Å². The second kappa shape index (κ2) is 4.53. The van der Waals surface area contributed by atoms with Crippen LogP contribution in [0, 0.1) is 11.3 Å². The van der Waals surface area contributed by atoms with Crippen LogP contribution in [-0.2, 0) is 4.79 Å². The first-order valence-electron chi connectivity index (χ1n) is 4.51. The summed E-state index contributed by atoms with van der Waals surface area (Å²) in [5.41, 5.74) is 0.971. The molecule has 0 aromatic carbocycles. The topological polar surface area (TPSA) is 74.0 Å². The van der Waals surface area contributed by atoms with Crippen LogP contribution >= 0.6 is 22.9 Å². The van der Waals surface area contributed by atoms with Crippen LogP contribution in [0.4, 0.5) is 0 Å². The molecule has 0 saturated carbocycles. The van der Waals surface area contributed by atoms with E-state index in [9.17, 15) is 4.79 Å². The van der Waals surface area contributed by atoms with Crippen LogP contribution in [0.15, 0.2) is 18.3 Å². The van der Waals surface area contributed by atoms with Gasteiger partial charge in [0.25, 0.3) is 0 Å². The van der Waals surface area contributed by atoms with Gasteiger partial charge < -0.3 is 5.11 Å². The number of hydrogen-bond acceptors (Lipinski definition) is 4. The Kier molecular flexibility index (Phi) is 3.09. The monoisotopic (exact) mass is 264 g/mol. The summed E-state index contributed by atoms with van der Waals surface area (Å²) < 4.78 is 0.691. The SMILES string of the molecule is N#Cc1cnc2cc(/C=C/C(=O)O)sc2c1Cl. The molecule has 0 radical (unpaired) electrons. The average molecular weight is 265 g/mol. The number of nitrogens with zero attached hydrogens (tertiary/aromatic N) is 2. The highest BCUT2D eigenvalue weighted by atomic mass is 35.5. The highest BCUT2D eigenvalue weighted by molar-refractivity contribution is 7.20. The zero-order valence-electron chi connectivity index (χ0n) is 8.35. The largest absolute Gasteiger partial charge is 0.478 e. The summed E-state index contributed by atoms with van der Waals surface area (Å²) in [7, 11) is 0. The molecule has 0 aliphatic carbocycles. The summed E-state index contributed by atoms with van der Waals surface area (Å²) in [6, 6.07) is 3.68. The second-order valence-electron chi connectivity index (χ2n) is 3.13. The number of aliphatic carboxylic acids is 1. The first kappa shape index (κ1) is 11.6. The van der Waals surface area contributed by atoms with Crippen molar-refractivity contribution in [2.24, 2.45) is 0 Å². The zero-order chi connectivity index (χ0) is 12.4. The third kappa shape index (κ3) is 2.28. The van der Waals surface area contributed by atoms with Crippen molar-refractivity contribution in [2.75, 3.05) is 0 Å². The van der Waals surface area contributed by atoms with Crippen molar-refractivity contribution in [3.63, 3.8) is 0 Å². The Labute approximate surface area is 105 Å². The van der Waals surface area contributed by atoms with Crippen molar-refractivity contribution in [3.8, 4) is 6.07 Å². The predicted molar refractivity (Wildman–Crippen MR) is 66.0 cm³/mol. The molecular weight excluding hydrogens is 260 g/mol. The molecule has 0 amide bonds. The fraction of sp³-hybridized carbons (Fsp3) is 0. The lowest BCUT2D eigenvalue weighted by Gasteiger charge is -1.93. The Morgan fingerprint density at radius 1 is 1.65 bits per heavy atom. The Balaban J connectivity index is 2.55. The normalized spacial score (nSPS) is 10.8. The standard InChI is InChI=1S/C11H5ClN2O2S/c12-10-6(4-13)5-14-8-3-7(17-11(8)10)1-2-9(15)16/h1-3,5H,(H,15,16)/b2-1+. The molecular formula is C11H5ClN2O2S. The van der Waals surface area contributed by atoms with E-state index >= 15 is 0 Å². The Morgan fingerprint density at radius 2 is 2.41 bits per heavy atom. The van der Waals surface area contributed by atoms with Crippen molar-refractivity contribution in [3.05, 3.63) is 33.8 Å². The van der Waals surface area contributed by atoms with Gasteiger partial charge in [0.05, 0.1) is 20.8 Å². The molecule has 0 spiro atoms. The Bertz CT molecular complexity index is 670. The van der Waals surface area contributed by atoms with Gasteiger partial charge in [0, 0.05) is 17.2 Å². The molecule has 0 atom stereocenters. The van der Waals surface area contributed by atoms with Crippen LogP contribution in [0.2, 0.25) is 5.02 Å². The first-order valence-corrected chi connectivity index (χ1v) is 5.70. The van der Waals surface area contributed by atoms with E-state index in [1.165, 1.54) is 23.6 Å². The number of carboxylic acid groups (broad SMARTS) is 1. The quantitative estimate of drug-likeness (QED) is 0.847. The number of fused-ring (bicyclic) bond motifs is 1. The van der Waals surface area contributed by atoms with Crippen LogP contribution in [0.5, 0.6) is 0 Å². The highest BCUT2D eigenvalue weighted by Gasteiger charge is 2.09. The lowest BCUT2D eigenvalue weighted by molar-refractivity contribution is -0.131. The molecule has 84 valence electrons. The molecule has 2 rings (SSSR count). The van der Waals surface area contributed by atoms with E-state index in [-0.39, 0.29) is 0 Å². The van der Waals surface area contributed by atoms with Gasteiger partial charge in [-0.3, -0.25) is 4.98 Å². The molecule has 17 heavy (non-hydrogen) atoms. The number of hydrogen-bond donors (Lipinski definition) is 1. The fourth-order valence-electron chi connectivity index (χ4n) is 1.28. The average Bonchev–Trinajstić information content (AvgIpc) is 2.71. The van der Waals surface area contributed by atoms with Gasteiger partial charge in [-0.25, -0.2) is 4.79 Å². The van der Waals surface area contributed by atoms with Gasteiger partial charge in [0.15, 0.2) is 0 Å². The summed E-state index contributed by atoms with van der Waals surface area (Å²) in [6.45, 7) is 0. The van der Waals surface area contributed by atoms with Gasteiger partial charge >= 0.3 is 5.97 Å². The van der Waals surface area contributed by atoms with Crippen LogP contribution < -0.4 is 0 Å². The number of aromatic nitrogens is 1. The maximum atomic E-state index is 10.4. The van der Waals surface area contributed by atoms with Gasteiger partial charge in [-0.2, -0.15) is 5.26 Å². The van der Waals surface area contributed by atoms with Crippen LogP contribution in [0.3, 0.4) is 0 Å². The minimum absolute atomic E-state index is 0.315. The molecule has 0 saturated heterocycles. The highest BCUT2D eigenvalue weighted by Crippen LogP contribution is 2.33. The van der Waals surface area contributed by atoms with Crippen molar-refractivity contribution in [1.82, 2.24) is 4.98 Å². The minimum Gasteiger partial charge on any atom is -0.478 e. The lowest BCUT2D eigenvalue weighted by Crippen LogP contribution is -1.84. The zero-order valence-corrected chi connectivity index (χ0v) is 9.92. The van der Waals surface area contributed by atoms with Crippen LogP contribution in [0.1, 0.15) is 10.4 Å². The van der Waals surface area contributed by atoms with Crippen LogP contribution in [-0.4, -0.2) is 16.1 Å². The smallest absolute Gasteiger partial charge is 0.328 e. The lowest BCUT2D eigenvalue weighted by atomic mass is 10.3. The number of pyridine rings is 1. The molecule has 6 heteroatoms. The molecule has 1 N–H and O–H groups in total. The summed E-state index contributed by atoms with van der Waals surface area (Å²) >= 11 is 7.32. The van der Waals surface area contributed by atoms with Crippen molar-refractivity contribution >= 4 is 45.2 Å². The van der Waals surface area contributed by atoms with Gasteiger partial charge in [-0.15, -0.1) is 11.3 Å². The van der Waals surface area contributed by atoms with Crippen molar-refractivity contribution in [2.45, 2.75) is 0 Å². The van der Waals surface area contributed by atoms with E-state index in [1.807, 2.05) is 6.07 Å². The van der Waals surface area contributed by atoms with E-state index in [0.717, 1.165) is 11.0 Å². The maximum absolute atomic E-state index is 10.4. The molecule has 0 fully saturated rings. The third-order valence-electron chi connectivity index (χ3n) is 2.01. The van der Waals surface area contributed by atoms with Crippen molar-refractivity contribution in [1.29, 1.82) is 5.26 Å². The van der Waals surface area contributed by atoms with E-state index in [0.29, 0.717) is 20.8 Å². The molecule has 2 heterocycles. The summed E-state index contributed by atoms with van der Waals surface area (Å²) in [5.74, 6) is -1.01. The van der Waals surface area contributed by atoms with Gasteiger partial charge in [0.2, 0.25) is 0 Å². The summed E-state index contributed by atoms with van der Waals surface area (Å²) in [5, 5.41) is 17.7. The first-order chi connectivity index (χ1) is 8.11. The molecule has 4 nitrogen and oxygen atoms in total. The number of carbonyl (C=O) groups is 1. The molecule has 0 aliphatic heterocycles. The minimum atomic E-state index is -1.01. The number of rotatable bonds is 2. The van der Waals surface area contributed by atoms with E-state index in [2.05, 4.69) is 4.98 Å². The molecule has 0 bridgehead atoms. The Hall–Kier alpha value is -1.90. The third-order valence-corrected chi connectivity index (χ3v) is 3.62. The molecule has 0 aliphatic rings. The summed E-state index contributed by atoms with van der Waals surface area (Å²) in [6.07, 6.45) is 3.92. The van der Waals surface area contributed by atoms with Crippen molar-refractivity contribution < 1.29 is 9.90 Å². The predicted octanol–water partition coefficient (Wildman–Crippen LogP) is 2.92. The van der Waals surface area contributed by atoms with E-state index in [4.69, 9.17) is 22.0 Å². The number of thiophene rings is 1. The number of nitriles is 1. The van der Waals surface area contributed by atoms with E-state index < -0.39 is 5.97 Å². The summed E-state index contributed by atoms with van der Waals surface area (Å²) in [4.78, 5) is 15.2. The molecule has 0 unspecified atom stereocenters. The van der Waals surface area contributed by atoms with Crippen LogP contribution in [0.25, 0.3) is 16.3 Å². The fourth-order valence-corrected chi connectivity index (χ4v) is 2.54. The van der Waals surface area contributed by atoms with Gasteiger partial charge in [-0.05, 0) is 12.1 Å². The Morgan fingerprint density at radius 3 is 3.06 bits per heavy atom. The maximum Gasteiger partial charge on any atom is 0.328 e.